The molecule has 0 atom stereocenters. The van der Waals surface area contributed by atoms with Crippen LogP contribution in [0, 0.1) is 0 Å². The van der Waals surface area contributed by atoms with Crippen molar-refractivity contribution in [1.29, 1.82) is 0 Å². The average molecular weight is 268 g/mol. The summed E-state index contributed by atoms with van der Waals surface area (Å²) >= 11 is 0. The molecule has 6 heteroatoms. The number of amides is 1. The van der Waals surface area contributed by atoms with Crippen molar-refractivity contribution in [1.82, 2.24) is 9.66 Å². The summed E-state index contributed by atoms with van der Waals surface area (Å²) in [6.45, 7) is 0. The van der Waals surface area contributed by atoms with Crippen molar-refractivity contribution in [2.24, 2.45) is 0 Å². The highest BCUT2D eigenvalue weighted by Gasteiger charge is 2.12. The smallest absolute Gasteiger partial charge is 0.305 e. The van der Waals surface area contributed by atoms with Gasteiger partial charge in [-0.2, -0.15) is 0 Å². The number of imidazole rings is 1. The Hall–Kier alpha value is -3.02. The number of carbonyl (C=O) groups is 1. The summed E-state index contributed by atoms with van der Waals surface area (Å²) in [6, 6.07) is 12.8. The first-order chi connectivity index (χ1) is 9.74. The lowest BCUT2D eigenvalue weighted by Crippen LogP contribution is -2.23. The summed E-state index contributed by atoms with van der Waals surface area (Å²) < 4.78 is 6.38. The molecule has 3 rings (SSSR count). The van der Waals surface area contributed by atoms with Gasteiger partial charge in [0.25, 0.3) is 0 Å². The van der Waals surface area contributed by atoms with E-state index in [1.165, 1.54) is 10.9 Å². The number of carbonyl (C=O) groups excluding carboxylic acids is 1. The molecule has 0 saturated heterocycles. The number of hydrogen-bond donors (Lipinski definition) is 2. The summed E-state index contributed by atoms with van der Waals surface area (Å²) in [6.07, 6.45) is 3.09. The van der Waals surface area contributed by atoms with E-state index < -0.39 is 5.91 Å². The normalized spacial score (nSPS) is 10.4. The highest BCUT2D eigenvalue weighted by atomic mass is 16.3. The summed E-state index contributed by atoms with van der Waals surface area (Å²) in [5, 5.41) is 0. The Balaban J connectivity index is 1.85. The maximum Gasteiger partial charge on any atom is 0.305 e. The number of nitrogens with one attached hydrogen (secondary N) is 1. The van der Waals surface area contributed by atoms with E-state index in [-0.39, 0.29) is 11.7 Å². The first kappa shape index (κ1) is 12.0. The molecule has 20 heavy (non-hydrogen) atoms. The van der Waals surface area contributed by atoms with Crippen molar-refractivity contribution in [3.63, 3.8) is 0 Å². The lowest BCUT2D eigenvalue weighted by atomic mass is 10.2. The molecule has 0 saturated carbocycles. The van der Waals surface area contributed by atoms with E-state index in [0.29, 0.717) is 5.69 Å². The van der Waals surface area contributed by atoms with Gasteiger partial charge in [-0.15, -0.1) is 0 Å². The fraction of sp³-hybridized carbons (Fsp3) is 0. The van der Waals surface area contributed by atoms with Gasteiger partial charge in [-0.1, -0.05) is 30.3 Å². The number of benzene rings is 1. The Morgan fingerprint density at radius 1 is 1.20 bits per heavy atom. The molecule has 1 amide bonds. The molecular weight excluding hydrogens is 256 g/mol. The van der Waals surface area contributed by atoms with Crippen LogP contribution in [0.25, 0.3) is 11.3 Å². The zero-order valence-electron chi connectivity index (χ0n) is 10.5. The SMILES string of the molecule is Nc1nc(-c2ccccc2)cn1NC(=O)c1ccco1. The van der Waals surface area contributed by atoms with Gasteiger partial charge in [-0.05, 0) is 12.1 Å². The Labute approximate surface area is 114 Å². The highest BCUT2D eigenvalue weighted by molar-refractivity contribution is 5.97. The van der Waals surface area contributed by atoms with Crippen molar-refractivity contribution in [3.05, 3.63) is 60.7 Å². The number of aromatic nitrogens is 2. The molecule has 0 aliphatic heterocycles. The number of furan rings is 1. The van der Waals surface area contributed by atoms with Crippen LogP contribution in [0.2, 0.25) is 0 Å². The van der Waals surface area contributed by atoms with Crippen LogP contribution in [-0.4, -0.2) is 15.6 Å². The molecule has 0 aliphatic rings. The molecule has 3 N–H and O–H groups in total. The lowest BCUT2D eigenvalue weighted by Gasteiger charge is -2.04. The van der Waals surface area contributed by atoms with E-state index in [0.717, 1.165) is 5.56 Å². The Bertz CT molecular complexity index is 717. The molecule has 100 valence electrons. The average Bonchev–Trinajstić information content (AvgIpc) is 3.10. The zero-order chi connectivity index (χ0) is 13.9. The fourth-order valence-electron chi connectivity index (χ4n) is 1.80. The third-order valence-corrected chi connectivity index (χ3v) is 2.77. The fourth-order valence-corrected chi connectivity index (χ4v) is 1.80. The zero-order valence-corrected chi connectivity index (χ0v) is 10.5. The second kappa shape index (κ2) is 4.93. The van der Waals surface area contributed by atoms with Crippen molar-refractivity contribution in [2.75, 3.05) is 11.2 Å². The third-order valence-electron chi connectivity index (χ3n) is 2.77. The van der Waals surface area contributed by atoms with Crippen LogP contribution in [0.3, 0.4) is 0 Å². The second-order valence-electron chi connectivity index (χ2n) is 4.14. The van der Waals surface area contributed by atoms with Crippen LogP contribution in [0.4, 0.5) is 5.95 Å². The molecule has 2 heterocycles. The van der Waals surface area contributed by atoms with E-state index in [9.17, 15) is 4.79 Å². The molecule has 6 nitrogen and oxygen atoms in total. The lowest BCUT2D eigenvalue weighted by molar-refractivity contribution is 0.0982. The molecule has 0 bridgehead atoms. The summed E-state index contributed by atoms with van der Waals surface area (Å²) in [7, 11) is 0. The van der Waals surface area contributed by atoms with Gasteiger partial charge in [-0.25, -0.2) is 9.66 Å². The summed E-state index contributed by atoms with van der Waals surface area (Å²) in [4.78, 5) is 16.1. The maximum absolute atomic E-state index is 11.9. The third kappa shape index (κ3) is 2.26. The molecule has 0 unspecified atom stereocenters. The van der Waals surface area contributed by atoms with Crippen LogP contribution in [0.5, 0.6) is 0 Å². The highest BCUT2D eigenvalue weighted by Crippen LogP contribution is 2.18. The Morgan fingerprint density at radius 3 is 2.70 bits per heavy atom. The van der Waals surface area contributed by atoms with Crippen molar-refractivity contribution >= 4 is 11.9 Å². The molecule has 0 aliphatic carbocycles. The predicted octanol–water partition coefficient (Wildman–Crippen LogP) is 2.11. The predicted molar refractivity (Wildman–Crippen MR) is 74.5 cm³/mol. The van der Waals surface area contributed by atoms with E-state index in [1.807, 2.05) is 30.3 Å². The number of rotatable bonds is 3. The van der Waals surface area contributed by atoms with Crippen LogP contribution < -0.4 is 11.2 Å². The second-order valence-corrected chi connectivity index (χ2v) is 4.14. The Morgan fingerprint density at radius 2 is 2.00 bits per heavy atom. The monoisotopic (exact) mass is 268 g/mol. The molecule has 3 aromatic rings. The number of nitrogen functional groups attached to an aromatic ring is 1. The first-order valence-electron chi connectivity index (χ1n) is 5.99. The van der Waals surface area contributed by atoms with Crippen LogP contribution >= 0.6 is 0 Å². The number of hydrogen-bond acceptors (Lipinski definition) is 4. The quantitative estimate of drug-likeness (QED) is 0.761. The maximum atomic E-state index is 11.9. The van der Waals surface area contributed by atoms with Gasteiger partial charge in [0.05, 0.1) is 18.2 Å². The molecule has 0 radical (unpaired) electrons. The van der Waals surface area contributed by atoms with Gasteiger partial charge in [0.1, 0.15) is 0 Å². The minimum atomic E-state index is -0.390. The standard InChI is InChI=1S/C14H12N4O2/c15-14-16-11(10-5-2-1-3-6-10)9-18(14)17-13(19)12-7-4-8-20-12/h1-9H,(H2,15,16)(H,17,19). The van der Waals surface area contributed by atoms with Gasteiger partial charge < -0.3 is 10.2 Å². The van der Waals surface area contributed by atoms with Crippen molar-refractivity contribution < 1.29 is 9.21 Å². The van der Waals surface area contributed by atoms with Gasteiger partial charge in [-0.3, -0.25) is 10.2 Å². The molecule has 0 fully saturated rings. The van der Waals surface area contributed by atoms with Crippen molar-refractivity contribution in [2.45, 2.75) is 0 Å². The van der Waals surface area contributed by atoms with Gasteiger partial charge in [0, 0.05) is 5.56 Å². The number of nitrogens with zero attached hydrogens (tertiary/aromatic N) is 2. The van der Waals surface area contributed by atoms with Gasteiger partial charge in [0.2, 0.25) is 5.95 Å². The van der Waals surface area contributed by atoms with Gasteiger partial charge in [0.15, 0.2) is 5.76 Å². The van der Waals surface area contributed by atoms with Crippen molar-refractivity contribution in [3.8, 4) is 11.3 Å². The summed E-state index contributed by atoms with van der Waals surface area (Å²) in [5.41, 5.74) is 9.99. The minimum absolute atomic E-state index is 0.198. The topological polar surface area (TPSA) is 86.1 Å². The van der Waals surface area contributed by atoms with E-state index in [2.05, 4.69) is 10.4 Å². The minimum Gasteiger partial charge on any atom is -0.459 e. The van der Waals surface area contributed by atoms with Crippen LogP contribution in [0.1, 0.15) is 10.6 Å². The Kier molecular flexibility index (Phi) is 2.96. The number of anilines is 1. The molecule has 0 spiro atoms. The molecule has 1 aromatic carbocycles. The molecular formula is C14H12N4O2. The van der Waals surface area contributed by atoms with Crippen LogP contribution in [-0.2, 0) is 0 Å². The van der Waals surface area contributed by atoms with E-state index >= 15 is 0 Å². The summed E-state index contributed by atoms with van der Waals surface area (Å²) in [5.74, 6) is 0.0156. The van der Waals surface area contributed by atoms with E-state index in [1.54, 1.807) is 18.3 Å². The molecule has 2 aromatic heterocycles. The van der Waals surface area contributed by atoms with E-state index in [4.69, 9.17) is 10.2 Å². The first-order valence-corrected chi connectivity index (χ1v) is 5.99. The van der Waals surface area contributed by atoms with Gasteiger partial charge >= 0.3 is 5.91 Å². The van der Waals surface area contributed by atoms with Crippen LogP contribution in [0.15, 0.2) is 59.3 Å². The largest absolute Gasteiger partial charge is 0.459 e. The number of nitrogens with two attached hydrogens (primary N) is 1.